The van der Waals surface area contributed by atoms with Gasteiger partial charge in [0.1, 0.15) is 12.6 Å². The number of amides is 1. The number of carboxylic acids is 1. The number of aliphatic carboxylic acids is 1. The smallest absolute Gasteiger partial charge is 0.326 e. The number of ether oxygens (including phenoxy) is 2. The van der Waals surface area contributed by atoms with Crippen molar-refractivity contribution in [2.24, 2.45) is 0 Å². The topological polar surface area (TPSA) is 145 Å². The van der Waals surface area contributed by atoms with Gasteiger partial charge in [0.2, 0.25) is 5.91 Å². The second-order valence-electron chi connectivity index (χ2n) is 5.48. The third-order valence-electron chi connectivity index (χ3n) is 3.65. The lowest BCUT2D eigenvalue weighted by Gasteiger charge is -2.24. The number of carbonyl (C=O) groups excluding carboxylic acids is 2. The minimum Gasteiger partial charge on any atom is -0.480 e. The van der Waals surface area contributed by atoms with Crippen molar-refractivity contribution < 1.29 is 33.9 Å². The van der Waals surface area contributed by atoms with Gasteiger partial charge in [-0.15, -0.1) is 0 Å². The molecule has 0 saturated carbocycles. The zero-order chi connectivity index (χ0) is 20.4. The third kappa shape index (κ3) is 7.02. The molecule has 0 bridgehead atoms. The molecular weight excluding hydrogens is 360 g/mol. The fraction of sp³-hybridized carbons (Fsp3) is 0.471. The predicted octanol–water partition coefficient (Wildman–Crippen LogP) is 1.24. The van der Waals surface area contributed by atoms with E-state index >= 15 is 0 Å². The molecule has 1 aromatic rings. The van der Waals surface area contributed by atoms with Crippen LogP contribution in [0.15, 0.2) is 24.3 Å². The zero-order valence-corrected chi connectivity index (χ0v) is 15.0. The second kappa shape index (κ2) is 10.9. The lowest BCUT2D eigenvalue weighted by Crippen LogP contribution is -2.47. The Balaban J connectivity index is 3.15. The van der Waals surface area contributed by atoms with Gasteiger partial charge in [0, 0.05) is 24.7 Å². The number of nitrogens with zero attached hydrogens (tertiary/aromatic N) is 1. The standard InChI is InChI=1S/C17H22N2O8/c1-3-26-10-14(20)18-16(17(22)23)13(9-15(21)27-4-2)11-5-7-12(8-6-11)19(24)25/h5-8,13,16H,3-4,9-10H2,1-2H3,(H,18,20)(H,22,23)/t13-,16-/m0/s1. The van der Waals surface area contributed by atoms with E-state index in [-0.39, 0.29) is 31.9 Å². The summed E-state index contributed by atoms with van der Waals surface area (Å²) in [6.45, 7) is 3.35. The van der Waals surface area contributed by atoms with Crippen molar-refractivity contribution in [1.82, 2.24) is 5.32 Å². The number of nitrogens with one attached hydrogen (secondary N) is 1. The minimum atomic E-state index is -1.44. The maximum atomic E-state index is 11.9. The van der Waals surface area contributed by atoms with E-state index in [0.29, 0.717) is 5.56 Å². The van der Waals surface area contributed by atoms with E-state index in [1.54, 1.807) is 13.8 Å². The highest BCUT2D eigenvalue weighted by Crippen LogP contribution is 2.27. The van der Waals surface area contributed by atoms with Crippen LogP contribution in [0.5, 0.6) is 0 Å². The number of hydrogen-bond donors (Lipinski definition) is 2. The van der Waals surface area contributed by atoms with Crippen molar-refractivity contribution >= 4 is 23.5 Å². The SMILES string of the molecule is CCOCC(=O)N[C@H](C(=O)O)[C@@H](CC(=O)OCC)c1ccc([N+](=O)[O-])cc1. The summed E-state index contributed by atoms with van der Waals surface area (Å²) in [5, 5.41) is 22.7. The van der Waals surface area contributed by atoms with Crippen LogP contribution >= 0.6 is 0 Å². The summed E-state index contributed by atoms with van der Waals surface area (Å²) in [5.41, 5.74) is 0.165. The van der Waals surface area contributed by atoms with Crippen LogP contribution in [-0.2, 0) is 23.9 Å². The molecule has 0 spiro atoms. The Morgan fingerprint density at radius 2 is 1.81 bits per heavy atom. The molecule has 2 N–H and O–H groups in total. The van der Waals surface area contributed by atoms with Gasteiger partial charge in [-0.05, 0) is 19.4 Å². The van der Waals surface area contributed by atoms with Gasteiger partial charge in [0.25, 0.3) is 5.69 Å². The van der Waals surface area contributed by atoms with Gasteiger partial charge in [0.05, 0.1) is 18.0 Å². The molecule has 148 valence electrons. The fourth-order valence-corrected chi connectivity index (χ4v) is 2.42. The molecule has 2 atom stereocenters. The van der Waals surface area contributed by atoms with Gasteiger partial charge in [-0.25, -0.2) is 4.79 Å². The lowest BCUT2D eigenvalue weighted by atomic mass is 9.88. The van der Waals surface area contributed by atoms with Crippen LogP contribution < -0.4 is 5.32 Å². The Bertz CT molecular complexity index is 674. The Morgan fingerprint density at radius 3 is 2.30 bits per heavy atom. The molecule has 0 aliphatic rings. The average Bonchev–Trinajstić information content (AvgIpc) is 2.63. The normalized spacial score (nSPS) is 12.7. The van der Waals surface area contributed by atoms with E-state index in [1.807, 2.05) is 0 Å². The summed E-state index contributed by atoms with van der Waals surface area (Å²) >= 11 is 0. The molecule has 0 aliphatic heterocycles. The number of benzene rings is 1. The van der Waals surface area contributed by atoms with Crippen molar-refractivity contribution in [2.75, 3.05) is 19.8 Å². The molecule has 0 radical (unpaired) electrons. The Labute approximate surface area is 155 Å². The lowest BCUT2D eigenvalue weighted by molar-refractivity contribution is -0.384. The number of esters is 1. The first-order chi connectivity index (χ1) is 12.8. The summed E-state index contributed by atoms with van der Waals surface area (Å²) in [6, 6.07) is 3.67. The number of carbonyl (C=O) groups is 3. The number of carboxylic acid groups (broad SMARTS) is 1. The van der Waals surface area contributed by atoms with Crippen molar-refractivity contribution in [2.45, 2.75) is 32.2 Å². The summed E-state index contributed by atoms with van der Waals surface area (Å²) < 4.78 is 9.83. The van der Waals surface area contributed by atoms with Crippen LogP contribution in [0.2, 0.25) is 0 Å². The molecule has 1 rings (SSSR count). The van der Waals surface area contributed by atoms with Crippen molar-refractivity contribution in [3.05, 3.63) is 39.9 Å². The summed E-state index contributed by atoms with van der Waals surface area (Å²) in [6.07, 6.45) is -0.322. The molecule has 0 heterocycles. The molecular formula is C17H22N2O8. The monoisotopic (exact) mass is 382 g/mol. The maximum Gasteiger partial charge on any atom is 0.326 e. The molecule has 27 heavy (non-hydrogen) atoms. The molecule has 0 saturated heterocycles. The summed E-state index contributed by atoms with van der Waals surface area (Å²) in [4.78, 5) is 45.8. The molecule has 0 aromatic heterocycles. The van der Waals surface area contributed by atoms with Gasteiger partial charge >= 0.3 is 11.9 Å². The Morgan fingerprint density at radius 1 is 1.19 bits per heavy atom. The van der Waals surface area contributed by atoms with E-state index in [2.05, 4.69) is 5.32 Å². The van der Waals surface area contributed by atoms with Crippen molar-refractivity contribution in [1.29, 1.82) is 0 Å². The molecule has 10 nitrogen and oxygen atoms in total. The van der Waals surface area contributed by atoms with Gasteiger partial charge in [0.15, 0.2) is 0 Å². The van der Waals surface area contributed by atoms with E-state index in [0.717, 1.165) is 0 Å². The van der Waals surface area contributed by atoms with Crippen LogP contribution in [0, 0.1) is 10.1 Å². The van der Waals surface area contributed by atoms with Crippen LogP contribution in [0.3, 0.4) is 0 Å². The van der Waals surface area contributed by atoms with Gasteiger partial charge < -0.3 is 19.9 Å². The highest BCUT2D eigenvalue weighted by molar-refractivity contribution is 5.86. The maximum absolute atomic E-state index is 11.9. The van der Waals surface area contributed by atoms with Crippen molar-refractivity contribution in [3.8, 4) is 0 Å². The average molecular weight is 382 g/mol. The number of hydrogen-bond acceptors (Lipinski definition) is 7. The number of nitro benzene ring substituents is 1. The van der Waals surface area contributed by atoms with Gasteiger partial charge in [-0.2, -0.15) is 0 Å². The Kier molecular flexibility index (Phi) is 8.86. The van der Waals surface area contributed by atoms with Gasteiger partial charge in [-0.3, -0.25) is 19.7 Å². The number of non-ortho nitro benzene ring substituents is 1. The molecule has 0 fully saturated rings. The second-order valence-corrected chi connectivity index (χ2v) is 5.48. The molecule has 0 unspecified atom stereocenters. The van der Waals surface area contributed by atoms with Crippen LogP contribution in [0.1, 0.15) is 31.7 Å². The predicted molar refractivity (Wildman–Crippen MR) is 93.1 cm³/mol. The fourth-order valence-electron chi connectivity index (χ4n) is 2.42. The van der Waals surface area contributed by atoms with E-state index in [4.69, 9.17) is 9.47 Å². The molecule has 1 aromatic carbocycles. The van der Waals surface area contributed by atoms with E-state index < -0.39 is 34.7 Å². The number of rotatable bonds is 11. The van der Waals surface area contributed by atoms with Crippen LogP contribution in [0.25, 0.3) is 0 Å². The quantitative estimate of drug-likeness (QED) is 0.330. The highest BCUT2D eigenvalue weighted by atomic mass is 16.6. The largest absolute Gasteiger partial charge is 0.480 e. The van der Waals surface area contributed by atoms with Crippen LogP contribution in [-0.4, -0.2) is 53.7 Å². The zero-order valence-electron chi connectivity index (χ0n) is 15.0. The highest BCUT2D eigenvalue weighted by Gasteiger charge is 2.33. The number of nitro groups is 1. The first-order valence-electron chi connectivity index (χ1n) is 8.30. The first-order valence-corrected chi connectivity index (χ1v) is 8.30. The third-order valence-corrected chi connectivity index (χ3v) is 3.65. The van der Waals surface area contributed by atoms with Crippen LogP contribution in [0.4, 0.5) is 5.69 Å². The van der Waals surface area contributed by atoms with E-state index in [9.17, 15) is 29.6 Å². The summed E-state index contributed by atoms with van der Waals surface area (Å²) in [7, 11) is 0. The molecule has 0 aliphatic carbocycles. The summed E-state index contributed by atoms with van der Waals surface area (Å²) in [5.74, 6) is -3.63. The first kappa shape index (κ1) is 22.0. The Hall–Kier alpha value is -3.01. The van der Waals surface area contributed by atoms with E-state index in [1.165, 1.54) is 24.3 Å². The molecule has 1 amide bonds. The van der Waals surface area contributed by atoms with Gasteiger partial charge in [-0.1, -0.05) is 12.1 Å². The molecule has 10 heteroatoms. The van der Waals surface area contributed by atoms with Crippen molar-refractivity contribution in [3.63, 3.8) is 0 Å². The minimum absolute atomic E-state index is 0.111.